The Labute approximate surface area is 128 Å². The number of rotatable bonds is 16. The first-order valence-corrected chi connectivity index (χ1v) is 9.18. The van der Waals surface area contributed by atoms with Gasteiger partial charge in [0.1, 0.15) is 0 Å². The molecular formula is C19H38O. The van der Waals surface area contributed by atoms with Gasteiger partial charge in [-0.2, -0.15) is 0 Å². The number of allylic oxidation sites excluding steroid dienone is 1. The summed E-state index contributed by atoms with van der Waals surface area (Å²) in [6.07, 6.45) is 23.4. The number of hydrogen-bond acceptors (Lipinski definition) is 1. The second-order valence-electron chi connectivity index (χ2n) is 5.92. The van der Waals surface area contributed by atoms with Gasteiger partial charge >= 0.3 is 0 Å². The van der Waals surface area contributed by atoms with Gasteiger partial charge in [-0.05, 0) is 25.3 Å². The Morgan fingerprint density at radius 1 is 0.600 bits per heavy atom. The van der Waals surface area contributed by atoms with Crippen molar-refractivity contribution in [1.82, 2.24) is 0 Å². The van der Waals surface area contributed by atoms with Gasteiger partial charge in [0.25, 0.3) is 0 Å². The fourth-order valence-electron chi connectivity index (χ4n) is 2.43. The second-order valence-corrected chi connectivity index (χ2v) is 5.92. The Bertz CT molecular complexity index is 186. The summed E-state index contributed by atoms with van der Waals surface area (Å²) in [7, 11) is 0. The molecule has 1 nitrogen and oxygen atoms in total. The van der Waals surface area contributed by atoms with Gasteiger partial charge < -0.3 is 4.74 Å². The van der Waals surface area contributed by atoms with E-state index in [0.717, 1.165) is 13.0 Å². The molecule has 0 N–H and O–H groups in total. The molecule has 0 radical (unpaired) electrons. The molecule has 0 aromatic heterocycles. The molecule has 0 aliphatic rings. The van der Waals surface area contributed by atoms with Crippen molar-refractivity contribution in [3.8, 4) is 0 Å². The van der Waals surface area contributed by atoms with Crippen molar-refractivity contribution in [2.45, 2.75) is 104 Å². The summed E-state index contributed by atoms with van der Waals surface area (Å²) in [6.45, 7) is 5.28. The van der Waals surface area contributed by atoms with Crippen molar-refractivity contribution in [1.29, 1.82) is 0 Å². The van der Waals surface area contributed by atoms with Crippen molar-refractivity contribution in [2.75, 3.05) is 6.61 Å². The van der Waals surface area contributed by atoms with Crippen LogP contribution in [0.25, 0.3) is 0 Å². The molecule has 0 aliphatic heterocycles. The van der Waals surface area contributed by atoms with E-state index in [1.165, 1.54) is 83.5 Å². The Kier molecular flexibility index (Phi) is 18.1. The molecule has 0 amide bonds. The molecule has 0 saturated carbocycles. The number of ether oxygens (including phenoxy) is 1. The van der Waals surface area contributed by atoms with Crippen molar-refractivity contribution in [3.05, 3.63) is 12.3 Å². The molecule has 0 aromatic rings. The van der Waals surface area contributed by atoms with Gasteiger partial charge in [0.05, 0.1) is 12.9 Å². The van der Waals surface area contributed by atoms with Gasteiger partial charge in [-0.3, -0.25) is 0 Å². The third kappa shape index (κ3) is 17.5. The van der Waals surface area contributed by atoms with Gasteiger partial charge in [0.2, 0.25) is 0 Å². The summed E-state index contributed by atoms with van der Waals surface area (Å²) in [4.78, 5) is 0. The average Bonchev–Trinajstić information content (AvgIpc) is 2.47. The Balaban J connectivity index is 2.97. The minimum atomic E-state index is 0.856. The van der Waals surface area contributed by atoms with Crippen LogP contribution in [0.5, 0.6) is 0 Å². The standard InChI is InChI=1S/C19H38O/c1-3-5-6-7-8-9-10-11-12-13-14-15-16-17-19-20-18-4-2/h17,19H,3-16,18H2,1-2H3. The summed E-state index contributed by atoms with van der Waals surface area (Å²) >= 11 is 0. The SMILES string of the molecule is CCCCCCCCCCCCCCC=COCCC. The van der Waals surface area contributed by atoms with Crippen molar-refractivity contribution < 1.29 is 4.74 Å². The largest absolute Gasteiger partial charge is 0.502 e. The molecule has 1 heteroatoms. The molecule has 0 bridgehead atoms. The Morgan fingerprint density at radius 3 is 1.60 bits per heavy atom. The van der Waals surface area contributed by atoms with Crippen LogP contribution in [0.4, 0.5) is 0 Å². The van der Waals surface area contributed by atoms with E-state index in [-0.39, 0.29) is 0 Å². The maximum atomic E-state index is 5.31. The van der Waals surface area contributed by atoms with E-state index in [4.69, 9.17) is 4.74 Å². The van der Waals surface area contributed by atoms with E-state index >= 15 is 0 Å². The third-order valence-corrected chi connectivity index (χ3v) is 3.74. The van der Waals surface area contributed by atoms with Crippen LogP contribution in [0.1, 0.15) is 104 Å². The third-order valence-electron chi connectivity index (χ3n) is 3.74. The molecule has 0 aromatic carbocycles. The molecule has 0 unspecified atom stereocenters. The zero-order valence-electron chi connectivity index (χ0n) is 14.2. The lowest BCUT2D eigenvalue weighted by molar-refractivity contribution is 0.248. The van der Waals surface area contributed by atoms with E-state index in [2.05, 4.69) is 19.9 Å². The molecule has 0 fully saturated rings. The molecule has 20 heavy (non-hydrogen) atoms. The fraction of sp³-hybridized carbons (Fsp3) is 0.895. The first-order chi connectivity index (χ1) is 9.91. The summed E-state index contributed by atoms with van der Waals surface area (Å²) in [5.41, 5.74) is 0. The van der Waals surface area contributed by atoms with E-state index in [0.29, 0.717) is 0 Å². The van der Waals surface area contributed by atoms with Gasteiger partial charge in [-0.25, -0.2) is 0 Å². The van der Waals surface area contributed by atoms with Crippen molar-refractivity contribution in [3.63, 3.8) is 0 Å². The van der Waals surface area contributed by atoms with Crippen LogP contribution < -0.4 is 0 Å². The number of unbranched alkanes of at least 4 members (excludes halogenated alkanes) is 12. The van der Waals surface area contributed by atoms with Crippen LogP contribution in [0.15, 0.2) is 12.3 Å². The predicted molar refractivity (Wildman–Crippen MR) is 91.1 cm³/mol. The lowest BCUT2D eigenvalue weighted by atomic mass is 10.0. The zero-order chi connectivity index (χ0) is 14.7. The fourth-order valence-corrected chi connectivity index (χ4v) is 2.43. The summed E-state index contributed by atoms with van der Waals surface area (Å²) in [6, 6.07) is 0. The van der Waals surface area contributed by atoms with E-state index < -0.39 is 0 Å². The monoisotopic (exact) mass is 282 g/mol. The van der Waals surface area contributed by atoms with Crippen LogP contribution in [0, 0.1) is 0 Å². The topological polar surface area (TPSA) is 9.23 Å². The molecule has 0 rings (SSSR count). The smallest absolute Gasteiger partial charge is 0.0870 e. The molecule has 0 saturated heterocycles. The van der Waals surface area contributed by atoms with Crippen LogP contribution in [-0.4, -0.2) is 6.61 Å². The molecule has 0 heterocycles. The normalized spacial score (nSPS) is 11.3. The summed E-state index contributed by atoms with van der Waals surface area (Å²) < 4.78 is 5.31. The van der Waals surface area contributed by atoms with Crippen molar-refractivity contribution >= 4 is 0 Å². The first-order valence-electron chi connectivity index (χ1n) is 9.18. The molecule has 120 valence electrons. The minimum Gasteiger partial charge on any atom is -0.502 e. The van der Waals surface area contributed by atoms with E-state index in [1.54, 1.807) is 0 Å². The number of hydrogen-bond donors (Lipinski definition) is 0. The van der Waals surface area contributed by atoms with Crippen molar-refractivity contribution in [2.24, 2.45) is 0 Å². The average molecular weight is 283 g/mol. The summed E-state index contributed by atoms with van der Waals surface area (Å²) in [5, 5.41) is 0. The highest BCUT2D eigenvalue weighted by atomic mass is 16.5. The van der Waals surface area contributed by atoms with Crippen LogP contribution in [0.3, 0.4) is 0 Å². The lowest BCUT2D eigenvalue weighted by Gasteiger charge is -2.02. The Morgan fingerprint density at radius 2 is 1.10 bits per heavy atom. The van der Waals surface area contributed by atoms with Crippen LogP contribution in [0.2, 0.25) is 0 Å². The second kappa shape index (κ2) is 18.5. The molecular weight excluding hydrogens is 244 g/mol. The van der Waals surface area contributed by atoms with Crippen LogP contribution >= 0.6 is 0 Å². The molecule has 0 spiro atoms. The van der Waals surface area contributed by atoms with Crippen LogP contribution in [-0.2, 0) is 4.74 Å². The maximum absolute atomic E-state index is 5.31. The van der Waals surface area contributed by atoms with E-state index in [1.807, 2.05) is 6.26 Å². The highest BCUT2D eigenvalue weighted by molar-refractivity contribution is 4.73. The first kappa shape index (κ1) is 19.5. The van der Waals surface area contributed by atoms with Gasteiger partial charge in [0, 0.05) is 0 Å². The minimum absolute atomic E-state index is 0.856. The Hall–Kier alpha value is -0.460. The molecule has 0 aliphatic carbocycles. The summed E-state index contributed by atoms with van der Waals surface area (Å²) in [5.74, 6) is 0. The lowest BCUT2D eigenvalue weighted by Crippen LogP contribution is -1.83. The quantitative estimate of drug-likeness (QED) is 0.218. The highest BCUT2D eigenvalue weighted by Crippen LogP contribution is 2.12. The zero-order valence-corrected chi connectivity index (χ0v) is 14.2. The van der Waals surface area contributed by atoms with Gasteiger partial charge in [0.15, 0.2) is 0 Å². The highest BCUT2D eigenvalue weighted by Gasteiger charge is 1.92. The molecule has 0 atom stereocenters. The van der Waals surface area contributed by atoms with Gasteiger partial charge in [-0.1, -0.05) is 84.5 Å². The van der Waals surface area contributed by atoms with Gasteiger partial charge in [-0.15, -0.1) is 0 Å². The predicted octanol–water partition coefficient (Wildman–Crippen LogP) is 7.02. The van der Waals surface area contributed by atoms with E-state index in [9.17, 15) is 0 Å². The maximum Gasteiger partial charge on any atom is 0.0870 e.